The molecule has 2 N–H and O–H groups in total. The van der Waals surface area contributed by atoms with Crippen LogP contribution in [0.2, 0.25) is 0 Å². The molecule has 1 rings (SSSR count). The van der Waals surface area contributed by atoms with Crippen molar-refractivity contribution in [3.05, 3.63) is 12.4 Å². The summed E-state index contributed by atoms with van der Waals surface area (Å²) >= 11 is 3.25. The van der Waals surface area contributed by atoms with Crippen molar-refractivity contribution in [1.82, 2.24) is 10.2 Å². The maximum atomic E-state index is 11.3. The van der Waals surface area contributed by atoms with Gasteiger partial charge in [0, 0.05) is 6.20 Å². The third-order valence-corrected chi connectivity index (χ3v) is 1.66. The van der Waals surface area contributed by atoms with Crippen molar-refractivity contribution in [3.8, 4) is 0 Å². The van der Waals surface area contributed by atoms with Crippen LogP contribution in [0.25, 0.3) is 0 Å². The van der Waals surface area contributed by atoms with E-state index in [1.54, 1.807) is 26.2 Å². The molecule has 0 aromatic carbocycles. The summed E-state index contributed by atoms with van der Waals surface area (Å²) in [7, 11) is 0. The Kier molecular flexibility index (Phi) is 2.52. The Morgan fingerprint density at radius 2 is 2.42 bits per heavy atom. The molecule has 1 aromatic heterocycles. The second-order valence-electron chi connectivity index (χ2n) is 2.91. The van der Waals surface area contributed by atoms with Gasteiger partial charge in [-0.3, -0.25) is 9.89 Å². The zero-order valence-electron chi connectivity index (χ0n) is 6.89. The zero-order valence-corrected chi connectivity index (χ0v) is 8.47. The summed E-state index contributed by atoms with van der Waals surface area (Å²) in [5.74, 6) is -0.0936. The van der Waals surface area contributed by atoms with Crippen molar-refractivity contribution in [2.24, 2.45) is 0 Å². The molecule has 0 fully saturated rings. The highest BCUT2D eigenvalue weighted by Gasteiger charge is 2.23. The van der Waals surface area contributed by atoms with Gasteiger partial charge in [0.2, 0.25) is 5.91 Å². The highest BCUT2D eigenvalue weighted by molar-refractivity contribution is 9.10. The van der Waals surface area contributed by atoms with Crippen LogP contribution in [0.1, 0.15) is 13.8 Å². The van der Waals surface area contributed by atoms with E-state index in [1.165, 1.54) is 0 Å². The van der Waals surface area contributed by atoms with Gasteiger partial charge in [-0.1, -0.05) is 15.9 Å². The van der Waals surface area contributed by atoms with E-state index in [4.69, 9.17) is 0 Å². The molecule has 1 heterocycles. The largest absolute Gasteiger partial charge is 0.322 e. The summed E-state index contributed by atoms with van der Waals surface area (Å²) in [6, 6.07) is 0. The highest BCUT2D eigenvalue weighted by atomic mass is 79.9. The number of anilines is 1. The van der Waals surface area contributed by atoms with Crippen molar-refractivity contribution in [3.63, 3.8) is 0 Å². The minimum atomic E-state index is -0.551. The van der Waals surface area contributed by atoms with E-state index in [0.717, 1.165) is 0 Å². The third-order valence-electron chi connectivity index (χ3n) is 1.30. The normalized spacial score (nSPS) is 11.2. The highest BCUT2D eigenvalue weighted by Crippen LogP contribution is 2.17. The van der Waals surface area contributed by atoms with Gasteiger partial charge in [0.15, 0.2) is 0 Å². The molecule has 0 aliphatic heterocycles. The van der Waals surface area contributed by atoms with Crippen molar-refractivity contribution in [2.45, 2.75) is 18.2 Å². The second-order valence-corrected chi connectivity index (χ2v) is 4.90. The van der Waals surface area contributed by atoms with Gasteiger partial charge in [0.05, 0.1) is 16.2 Å². The molecule has 12 heavy (non-hydrogen) atoms. The van der Waals surface area contributed by atoms with Crippen LogP contribution in [-0.2, 0) is 4.79 Å². The first kappa shape index (κ1) is 9.25. The molecule has 0 atom stereocenters. The van der Waals surface area contributed by atoms with E-state index in [1.807, 2.05) is 0 Å². The SMILES string of the molecule is CC(C)(Br)C(=O)Nc1cn[nH]c1. The van der Waals surface area contributed by atoms with E-state index in [-0.39, 0.29) is 5.91 Å². The molecule has 0 saturated heterocycles. The van der Waals surface area contributed by atoms with Crippen LogP contribution in [0.5, 0.6) is 0 Å². The minimum absolute atomic E-state index is 0.0936. The average Bonchev–Trinajstić information content (AvgIpc) is 2.37. The van der Waals surface area contributed by atoms with E-state index in [2.05, 4.69) is 31.4 Å². The number of amides is 1. The molecule has 1 aromatic rings. The van der Waals surface area contributed by atoms with Crippen LogP contribution in [0.3, 0.4) is 0 Å². The maximum Gasteiger partial charge on any atom is 0.240 e. The zero-order chi connectivity index (χ0) is 9.19. The standard InChI is InChI=1S/C7H10BrN3O/c1-7(2,8)6(12)11-5-3-9-10-4-5/h3-4H,1-2H3,(H,9,10)(H,11,12). The van der Waals surface area contributed by atoms with Crippen molar-refractivity contribution in [2.75, 3.05) is 5.32 Å². The number of carbonyl (C=O) groups is 1. The number of carbonyl (C=O) groups excluding carboxylic acids is 1. The van der Waals surface area contributed by atoms with Gasteiger partial charge in [-0.15, -0.1) is 0 Å². The number of aromatic nitrogens is 2. The summed E-state index contributed by atoms with van der Waals surface area (Å²) in [6.07, 6.45) is 3.17. The van der Waals surface area contributed by atoms with E-state index in [9.17, 15) is 4.79 Å². The number of hydrogen-bond acceptors (Lipinski definition) is 2. The first-order valence-corrected chi connectivity index (χ1v) is 4.28. The molecule has 0 unspecified atom stereocenters. The predicted octanol–water partition coefficient (Wildman–Crippen LogP) is 1.52. The lowest BCUT2D eigenvalue weighted by Gasteiger charge is -2.14. The molecule has 0 bridgehead atoms. The topological polar surface area (TPSA) is 57.8 Å². The molecular weight excluding hydrogens is 222 g/mol. The Labute approximate surface area is 78.9 Å². The fourth-order valence-electron chi connectivity index (χ4n) is 0.599. The van der Waals surface area contributed by atoms with Gasteiger partial charge in [-0.05, 0) is 13.8 Å². The number of alkyl halides is 1. The van der Waals surface area contributed by atoms with Crippen molar-refractivity contribution < 1.29 is 4.79 Å². The van der Waals surface area contributed by atoms with E-state index >= 15 is 0 Å². The fraction of sp³-hybridized carbons (Fsp3) is 0.429. The predicted molar refractivity (Wildman–Crippen MR) is 50.2 cm³/mol. The van der Waals surface area contributed by atoms with Gasteiger partial charge >= 0.3 is 0 Å². The van der Waals surface area contributed by atoms with Crippen molar-refractivity contribution in [1.29, 1.82) is 0 Å². The Hall–Kier alpha value is -0.840. The summed E-state index contributed by atoms with van der Waals surface area (Å²) < 4.78 is -0.551. The van der Waals surface area contributed by atoms with Gasteiger partial charge in [-0.25, -0.2) is 0 Å². The fourth-order valence-corrected chi connectivity index (χ4v) is 0.698. The number of H-pyrrole nitrogens is 1. The van der Waals surface area contributed by atoms with Gasteiger partial charge in [0.25, 0.3) is 0 Å². The molecule has 5 heteroatoms. The van der Waals surface area contributed by atoms with Gasteiger partial charge < -0.3 is 5.32 Å². The van der Waals surface area contributed by atoms with Crippen LogP contribution in [0, 0.1) is 0 Å². The monoisotopic (exact) mass is 231 g/mol. The Balaban J connectivity index is 2.60. The van der Waals surface area contributed by atoms with Crippen LogP contribution in [0.4, 0.5) is 5.69 Å². The lowest BCUT2D eigenvalue weighted by Crippen LogP contribution is -2.30. The summed E-state index contributed by atoms with van der Waals surface area (Å²) in [4.78, 5) is 11.3. The Morgan fingerprint density at radius 3 is 2.83 bits per heavy atom. The number of hydrogen-bond donors (Lipinski definition) is 2. The summed E-state index contributed by atoms with van der Waals surface area (Å²) in [6.45, 7) is 3.56. The molecule has 1 amide bonds. The lowest BCUT2D eigenvalue weighted by molar-refractivity contribution is -0.117. The van der Waals surface area contributed by atoms with Crippen LogP contribution in [-0.4, -0.2) is 20.4 Å². The average molecular weight is 232 g/mol. The molecule has 0 spiro atoms. The number of nitrogens with zero attached hydrogens (tertiary/aromatic N) is 1. The van der Waals surface area contributed by atoms with Crippen LogP contribution in [0.15, 0.2) is 12.4 Å². The lowest BCUT2D eigenvalue weighted by atomic mass is 10.2. The van der Waals surface area contributed by atoms with Crippen LogP contribution < -0.4 is 5.32 Å². The maximum absolute atomic E-state index is 11.3. The third kappa shape index (κ3) is 2.34. The minimum Gasteiger partial charge on any atom is -0.322 e. The number of aromatic amines is 1. The molecule has 66 valence electrons. The van der Waals surface area contributed by atoms with Gasteiger partial charge in [0.1, 0.15) is 0 Å². The van der Waals surface area contributed by atoms with Gasteiger partial charge in [-0.2, -0.15) is 5.10 Å². The molecular formula is C7H10BrN3O. The summed E-state index contributed by atoms with van der Waals surface area (Å²) in [5.41, 5.74) is 0.674. The molecule has 0 radical (unpaired) electrons. The first-order valence-electron chi connectivity index (χ1n) is 3.49. The first-order chi connectivity index (χ1) is 5.50. The Morgan fingerprint density at radius 1 is 1.75 bits per heavy atom. The quantitative estimate of drug-likeness (QED) is 0.759. The number of rotatable bonds is 2. The molecule has 0 aliphatic carbocycles. The second kappa shape index (κ2) is 3.26. The molecule has 0 saturated carbocycles. The smallest absolute Gasteiger partial charge is 0.240 e. The van der Waals surface area contributed by atoms with Crippen LogP contribution >= 0.6 is 15.9 Å². The molecule has 0 aliphatic rings. The summed E-state index contributed by atoms with van der Waals surface area (Å²) in [5, 5.41) is 8.99. The number of halogens is 1. The van der Waals surface area contributed by atoms with E-state index < -0.39 is 4.32 Å². The van der Waals surface area contributed by atoms with E-state index in [0.29, 0.717) is 5.69 Å². The van der Waals surface area contributed by atoms with Crippen molar-refractivity contribution >= 4 is 27.5 Å². The Bertz CT molecular complexity index is 263. The number of nitrogens with one attached hydrogen (secondary N) is 2. The molecule has 4 nitrogen and oxygen atoms in total.